The topological polar surface area (TPSA) is 91.2 Å². The number of hydrogen-bond acceptors (Lipinski definition) is 7. The average Bonchev–Trinajstić information content (AvgIpc) is 2.66. The van der Waals surface area contributed by atoms with Crippen molar-refractivity contribution in [3.05, 3.63) is 0 Å². The number of carbonyl (C=O) groups is 1. The van der Waals surface area contributed by atoms with E-state index in [2.05, 4.69) is 15.0 Å². The van der Waals surface area contributed by atoms with Gasteiger partial charge in [0, 0.05) is 28.2 Å². The van der Waals surface area contributed by atoms with Crippen LogP contribution in [0.5, 0.6) is 0 Å². The first kappa shape index (κ1) is 14.2. The van der Waals surface area contributed by atoms with Gasteiger partial charge in [-0.25, -0.2) is 4.58 Å². The summed E-state index contributed by atoms with van der Waals surface area (Å²) in [5.74, 6) is 1.72. The molecule has 0 spiro atoms. The van der Waals surface area contributed by atoms with Gasteiger partial charge in [0.05, 0.1) is 5.92 Å². The standard InChI is InChI=1S/C12H19N7O/c1-7-8(20)6-19(9(7)13)12-15-10(17(2)3)14-11(16-12)18(4)5/h7,13H,6H2,1-5H3/p+1/t7-/m1/s1. The number of nitrogens with two attached hydrogens (primary N) is 1. The fourth-order valence-electron chi connectivity index (χ4n) is 1.83. The molecule has 2 heterocycles. The van der Waals surface area contributed by atoms with Gasteiger partial charge in [0.1, 0.15) is 6.54 Å². The lowest BCUT2D eigenvalue weighted by Crippen LogP contribution is -2.27. The Morgan fingerprint density at radius 2 is 1.60 bits per heavy atom. The number of anilines is 2. The predicted octanol–water partition coefficient (Wildman–Crippen LogP) is -0.776. The molecule has 0 saturated heterocycles. The van der Waals surface area contributed by atoms with E-state index >= 15 is 0 Å². The summed E-state index contributed by atoms with van der Waals surface area (Å²) in [6, 6.07) is 0. The number of Topliss-reactive ketones (excluding diaryl/α,β-unsaturated/α-hetero) is 1. The van der Waals surface area contributed by atoms with Crippen LogP contribution in [0.4, 0.5) is 17.8 Å². The van der Waals surface area contributed by atoms with Crippen molar-refractivity contribution in [2.45, 2.75) is 6.92 Å². The molecule has 0 fully saturated rings. The second-order valence-electron chi connectivity index (χ2n) is 5.22. The number of aromatic nitrogens is 3. The quantitative estimate of drug-likeness (QED) is 0.725. The van der Waals surface area contributed by atoms with Crippen molar-refractivity contribution in [3.63, 3.8) is 0 Å². The molecule has 108 valence electrons. The number of amidine groups is 1. The molecule has 0 unspecified atom stereocenters. The van der Waals surface area contributed by atoms with Gasteiger partial charge in [-0.05, 0) is 6.92 Å². The highest BCUT2D eigenvalue weighted by molar-refractivity contribution is 6.04. The lowest BCUT2D eigenvalue weighted by atomic mass is 10.1. The molecule has 1 aliphatic heterocycles. The molecular weight excluding hydrogens is 258 g/mol. The molecular formula is C12H20N7O+. The minimum absolute atomic E-state index is 0.0701. The molecule has 2 N–H and O–H groups in total. The zero-order chi connectivity index (χ0) is 15.0. The minimum atomic E-state index is -0.294. The van der Waals surface area contributed by atoms with Crippen LogP contribution in [0.25, 0.3) is 0 Å². The number of carbonyl (C=O) groups excluding carboxylic acids is 1. The number of ketones is 1. The third kappa shape index (κ3) is 2.40. The Labute approximate surface area is 117 Å². The van der Waals surface area contributed by atoms with Gasteiger partial charge in [-0.2, -0.15) is 4.98 Å². The summed E-state index contributed by atoms with van der Waals surface area (Å²) in [5.41, 5.74) is 5.99. The summed E-state index contributed by atoms with van der Waals surface area (Å²) in [4.78, 5) is 28.4. The highest BCUT2D eigenvalue weighted by Gasteiger charge is 2.34. The van der Waals surface area contributed by atoms with Crippen LogP contribution in [-0.2, 0) is 4.79 Å². The molecule has 0 bridgehead atoms. The van der Waals surface area contributed by atoms with Crippen LogP contribution >= 0.6 is 0 Å². The second-order valence-corrected chi connectivity index (χ2v) is 5.22. The van der Waals surface area contributed by atoms with Crippen molar-refractivity contribution < 1.29 is 9.37 Å². The summed E-state index contributed by atoms with van der Waals surface area (Å²) in [6.07, 6.45) is 0. The number of rotatable bonds is 3. The highest BCUT2D eigenvalue weighted by Crippen LogP contribution is 2.19. The second kappa shape index (κ2) is 5.03. The maximum atomic E-state index is 11.8. The van der Waals surface area contributed by atoms with E-state index in [1.54, 1.807) is 21.3 Å². The van der Waals surface area contributed by atoms with Crippen molar-refractivity contribution in [2.24, 2.45) is 11.7 Å². The zero-order valence-corrected chi connectivity index (χ0v) is 12.5. The maximum absolute atomic E-state index is 11.8. The third-order valence-electron chi connectivity index (χ3n) is 3.19. The first-order valence-corrected chi connectivity index (χ1v) is 6.34. The third-order valence-corrected chi connectivity index (χ3v) is 3.19. The van der Waals surface area contributed by atoms with E-state index in [9.17, 15) is 4.79 Å². The van der Waals surface area contributed by atoms with Gasteiger partial charge in [-0.1, -0.05) is 9.97 Å². The van der Waals surface area contributed by atoms with Gasteiger partial charge in [-0.3, -0.25) is 4.79 Å². The van der Waals surface area contributed by atoms with Crippen molar-refractivity contribution in [2.75, 3.05) is 44.5 Å². The first-order chi connectivity index (χ1) is 9.31. The molecule has 0 amide bonds. The monoisotopic (exact) mass is 278 g/mol. The molecule has 1 aromatic heterocycles. The Hall–Kier alpha value is -2.25. The average molecular weight is 278 g/mol. The van der Waals surface area contributed by atoms with E-state index in [-0.39, 0.29) is 18.2 Å². The van der Waals surface area contributed by atoms with Crippen LogP contribution in [0.3, 0.4) is 0 Å². The molecule has 0 aliphatic carbocycles. The van der Waals surface area contributed by atoms with Crippen LogP contribution in [0.2, 0.25) is 0 Å². The van der Waals surface area contributed by atoms with Gasteiger partial charge in [0.2, 0.25) is 0 Å². The van der Waals surface area contributed by atoms with Gasteiger partial charge >= 0.3 is 5.95 Å². The summed E-state index contributed by atoms with van der Waals surface area (Å²) in [5, 5.41) is 0. The Kier molecular flexibility index (Phi) is 3.56. The van der Waals surface area contributed by atoms with Gasteiger partial charge in [0.15, 0.2) is 11.6 Å². The molecule has 0 saturated carbocycles. The summed E-state index contributed by atoms with van der Waals surface area (Å²) >= 11 is 0. The Bertz CT molecular complexity index is 553. The molecule has 0 radical (unpaired) electrons. The van der Waals surface area contributed by atoms with Crippen molar-refractivity contribution in [1.82, 2.24) is 15.0 Å². The van der Waals surface area contributed by atoms with Gasteiger partial charge in [0.25, 0.3) is 11.9 Å². The molecule has 20 heavy (non-hydrogen) atoms. The minimum Gasteiger partial charge on any atom is -0.338 e. The molecule has 0 aromatic carbocycles. The zero-order valence-electron chi connectivity index (χ0n) is 12.5. The number of nitrogens with zero attached hydrogens (tertiary/aromatic N) is 6. The summed E-state index contributed by atoms with van der Waals surface area (Å²) in [6.45, 7) is 2.00. The Morgan fingerprint density at radius 1 is 1.10 bits per heavy atom. The fraction of sp³-hybridized carbons (Fsp3) is 0.583. The molecule has 1 aromatic rings. The summed E-state index contributed by atoms with van der Waals surface area (Å²) < 4.78 is 1.65. The van der Waals surface area contributed by atoms with Crippen molar-refractivity contribution in [1.29, 1.82) is 0 Å². The predicted molar refractivity (Wildman–Crippen MR) is 76.6 cm³/mol. The Balaban J connectivity index is 2.54. The normalized spacial score (nSPS) is 18.6. The Morgan fingerprint density at radius 3 is 1.95 bits per heavy atom. The smallest absolute Gasteiger partial charge is 0.338 e. The lowest BCUT2D eigenvalue weighted by Gasteiger charge is -2.12. The van der Waals surface area contributed by atoms with Crippen LogP contribution < -0.4 is 15.5 Å². The molecule has 8 heteroatoms. The van der Waals surface area contributed by atoms with Gasteiger partial charge in [-0.15, -0.1) is 0 Å². The molecule has 1 atom stereocenters. The van der Waals surface area contributed by atoms with E-state index in [0.717, 1.165) is 0 Å². The van der Waals surface area contributed by atoms with Gasteiger partial charge < -0.3 is 15.5 Å². The largest absolute Gasteiger partial charge is 0.392 e. The van der Waals surface area contributed by atoms with Crippen LogP contribution in [0, 0.1) is 5.92 Å². The lowest BCUT2D eigenvalue weighted by molar-refractivity contribution is -0.431. The molecule has 2 rings (SSSR count). The first-order valence-electron chi connectivity index (χ1n) is 6.34. The van der Waals surface area contributed by atoms with Crippen LogP contribution in [0.15, 0.2) is 0 Å². The SMILES string of the molecule is C[C@@H]1C(=O)C[N+](c2nc(N(C)C)nc(N(C)C)n2)=C1N. The highest BCUT2D eigenvalue weighted by atomic mass is 16.1. The summed E-state index contributed by atoms with van der Waals surface area (Å²) in [7, 11) is 7.40. The van der Waals surface area contributed by atoms with E-state index in [0.29, 0.717) is 23.7 Å². The van der Waals surface area contributed by atoms with Crippen LogP contribution in [-0.4, -0.2) is 65.9 Å². The van der Waals surface area contributed by atoms with E-state index in [1.165, 1.54) is 0 Å². The molecule has 1 aliphatic rings. The van der Waals surface area contributed by atoms with Crippen molar-refractivity contribution in [3.8, 4) is 0 Å². The maximum Gasteiger partial charge on any atom is 0.392 e. The van der Waals surface area contributed by atoms with Crippen LogP contribution in [0.1, 0.15) is 6.92 Å². The van der Waals surface area contributed by atoms with Crippen molar-refractivity contribution >= 4 is 29.5 Å². The number of hydrogen-bond donors (Lipinski definition) is 1. The fourth-order valence-corrected chi connectivity index (χ4v) is 1.83. The van der Waals surface area contributed by atoms with E-state index < -0.39 is 0 Å². The van der Waals surface area contributed by atoms with E-state index in [1.807, 2.05) is 28.2 Å². The molecule has 8 nitrogen and oxygen atoms in total. The van der Waals surface area contributed by atoms with E-state index in [4.69, 9.17) is 5.73 Å².